The number of nitrogens with zero attached hydrogens (tertiary/aromatic N) is 2. The molecule has 1 aromatic rings. The van der Waals surface area contributed by atoms with Gasteiger partial charge in [0.05, 0.1) is 17.7 Å². The van der Waals surface area contributed by atoms with Crippen LogP contribution >= 0.6 is 34.2 Å². The van der Waals surface area contributed by atoms with Gasteiger partial charge in [0.25, 0.3) is 5.91 Å². The summed E-state index contributed by atoms with van der Waals surface area (Å²) in [4.78, 5) is 16.6. The van der Waals surface area contributed by atoms with Crippen molar-refractivity contribution in [3.05, 3.63) is 26.3 Å². The first-order valence-electron chi connectivity index (χ1n) is 6.03. The van der Waals surface area contributed by atoms with Crippen LogP contribution in [0.4, 0.5) is 0 Å². The number of rotatable bonds is 2. The Morgan fingerprint density at radius 2 is 1.95 bits per heavy atom. The Bertz CT molecular complexity index is 488. The molecule has 0 bridgehead atoms. The second kappa shape index (κ2) is 6.28. The highest BCUT2D eigenvalue weighted by molar-refractivity contribution is 14.1. The number of benzene rings is 1. The number of hydrogen-bond donors (Lipinski definition) is 0. The number of methoxy groups -OCH3 is 1. The summed E-state index contributed by atoms with van der Waals surface area (Å²) in [7, 11) is 3.63. The van der Waals surface area contributed by atoms with E-state index in [1.54, 1.807) is 19.2 Å². The monoisotopic (exact) mass is 394 g/mol. The summed E-state index contributed by atoms with van der Waals surface area (Å²) < 4.78 is 6.17. The largest absolute Gasteiger partial charge is 0.496 e. The van der Waals surface area contributed by atoms with Crippen LogP contribution in [-0.4, -0.2) is 56.0 Å². The van der Waals surface area contributed by atoms with Gasteiger partial charge in [-0.05, 0) is 41.8 Å². The van der Waals surface area contributed by atoms with E-state index in [-0.39, 0.29) is 5.91 Å². The summed E-state index contributed by atoms with van der Waals surface area (Å²) in [5, 5.41) is 0.582. The van der Waals surface area contributed by atoms with Crippen molar-refractivity contribution in [2.45, 2.75) is 0 Å². The summed E-state index contributed by atoms with van der Waals surface area (Å²) in [6.45, 7) is 3.27. The average Bonchev–Trinajstić information content (AvgIpc) is 2.41. The predicted molar refractivity (Wildman–Crippen MR) is 84.1 cm³/mol. The van der Waals surface area contributed by atoms with Crippen LogP contribution < -0.4 is 4.74 Å². The van der Waals surface area contributed by atoms with Gasteiger partial charge < -0.3 is 14.5 Å². The van der Waals surface area contributed by atoms with Gasteiger partial charge in [0, 0.05) is 29.7 Å². The molecule has 104 valence electrons. The van der Waals surface area contributed by atoms with Crippen molar-refractivity contribution in [1.82, 2.24) is 9.80 Å². The summed E-state index contributed by atoms with van der Waals surface area (Å²) in [6, 6.07) is 3.50. The van der Waals surface area contributed by atoms with E-state index in [0.717, 1.165) is 29.7 Å². The van der Waals surface area contributed by atoms with Gasteiger partial charge in [0.15, 0.2) is 0 Å². The molecule has 0 N–H and O–H groups in total. The molecule has 2 rings (SSSR count). The average molecular weight is 395 g/mol. The van der Waals surface area contributed by atoms with E-state index in [1.165, 1.54) is 0 Å². The van der Waals surface area contributed by atoms with Gasteiger partial charge in [0.2, 0.25) is 0 Å². The topological polar surface area (TPSA) is 32.8 Å². The van der Waals surface area contributed by atoms with Crippen LogP contribution in [0, 0.1) is 3.57 Å². The van der Waals surface area contributed by atoms with Gasteiger partial charge in [-0.15, -0.1) is 0 Å². The Balaban J connectivity index is 2.25. The fraction of sp³-hybridized carbons (Fsp3) is 0.462. The van der Waals surface area contributed by atoms with E-state index in [2.05, 4.69) is 34.5 Å². The Hall–Kier alpha value is -0.530. The third kappa shape index (κ3) is 3.32. The Morgan fingerprint density at radius 3 is 2.53 bits per heavy atom. The molecule has 1 aliphatic rings. The summed E-state index contributed by atoms with van der Waals surface area (Å²) in [5.41, 5.74) is 0.539. The van der Waals surface area contributed by atoms with Crippen LogP contribution in [0.25, 0.3) is 0 Å². The van der Waals surface area contributed by atoms with Gasteiger partial charge >= 0.3 is 0 Å². The van der Waals surface area contributed by atoms with E-state index < -0.39 is 0 Å². The van der Waals surface area contributed by atoms with Crippen molar-refractivity contribution < 1.29 is 9.53 Å². The number of carbonyl (C=O) groups is 1. The molecule has 1 saturated heterocycles. The maximum atomic E-state index is 12.5. The molecule has 4 nitrogen and oxygen atoms in total. The number of ether oxygens (including phenoxy) is 1. The van der Waals surface area contributed by atoms with Crippen LogP contribution in [-0.2, 0) is 0 Å². The number of hydrogen-bond acceptors (Lipinski definition) is 3. The van der Waals surface area contributed by atoms with Crippen LogP contribution in [0.15, 0.2) is 12.1 Å². The molecule has 1 aliphatic heterocycles. The van der Waals surface area contributed by atoms with Crippen molar-refractivity contribution in [3.63, 3.8) is 0 Å². The van der Waals surface area contributed by atoms with Crippen molar-refractivity contribution in [2.75, 3.05) is 40.3 Å². The zero-order valence-corrected chi connectivity index (χ0v) is 13.9. The number of likely N-dealkylation sites (N-methyl/N-ethyl adjacent to an activating group) is 1. The van der Waals surface area contributed by atoms with E-state index in [0.29, 0.717) is 16.3 Å². The highest BCUT2D eigenvalue weighted by Crippen LogP contribution is 2.29. The van der Waals surface area contributed by atoms with E-state index in [9.17, 15) is 4.79 Å². The maximum Gasteiger partial charge on any atom is 0.257 e. The molecule has 19 heavy (non-hydrogen) atoms. The first-order valence-corrected chi connectivity index (χ1v) is 7.49. The van der Waals surface area contributed by atoms with Gasteiger partial charge in [-0.1, -0.05) is 11.6 Å². The Kier molecular flexibility index (Phi) is 4.92. The molecule has 1 amide bonds. The quantitative estimate of drug-likeness (QED) is 0.722. The molecule has 0 saturated carbocycles. The SMILES string of the molecule is COc1cc(I)c(Cl)cc1C(=O)N1CCN(C)CC1. The minimum atomic E-state index is -0.0109. The summed E-state index contributed by atoms with van der Waals surface area (Å²) in [5.74, 6) is 0.570. The molecule has 1 heterocycles. The van der Waals surface area contributed by atoms with Crippen LogP contribution in [0.1, 0.15) is 10.4 Å². The molecular formula is C13H16ClIN2O2. The number of amides is 1. The van der Waals surface area contributed by atoms with Crippen molar-refractivity contribution >= 4 is 40.1 Å². The molecule has 1 aromatic carbocycles. The molecule has 0 aromatic heterocycles. The maximum absolute atomic E-state index is 12.5. The molecule has 0 unspecified atom stereocenters. The van der Waals surface area contributed by atoms with E-state index >= 15 is 0 Å². The third-order valence-corrected chi connectivity index (χ3v) is 4.79. The zero-order chi connectivity index (χ0) is 14.0. The lowest BCUT2D eigenvalue weighted by molar-refractivity contribution is 0.0661. The van der Waals surface area contributed by atoms with Gasteiger partial charge in [-0.25, -0.2) is 0 Å². The highest BCUT2D eigenvalue weighted by atomic mass is 127. The first-order chi connectivity index (χ1) is 9.02. The summed E-state index contributed by atoms with van der Waals surface area (Å²) in [6.07, 6.45) is 0. The van der Waals surface area contributed by atoms with E-state index in [4.69, 9.17) is 16.3 Å². The number of piperazine rings is 1. The van der Waals surface area contributed by atoms with E-state index in [1.807, 2.05) is 4.90 Å². The number of halogens is 2. The van der Waals surface area contributed by atoms with Crippen molar-refractivity contribution in [1.29, 1.82) is 0 Å². The smallest absolute Gasteiger partial charge is 0.257 e. The lowest BCUT2D eigenvalue weighted by Crippen LogP contribution is -2.47. The highest BCUT2D eigenvalue weighted by Gasteiger charge is 2.23. The third-order valence-electron chi connectivity index (χ3n) is 3.26. The minimum absolute atomic E-state index is 0.0109. The second-order valence-electron chi connectivity index (χ2n) is 4.56. The van der Waals surface area contributed by atoms with Crippen molar-refractivity contribution in [2.24, 2.45) is 0 Å². The predicted octanol–water partition coefficient (Wildman–Crippen LogP) is 2.34. The van der Waals surface area contributed by atoms with Crippen LogP contribution in [0.5, 0.6) is 5.75 Å². The van der Waals surface area contributed by atoms with Gasteiger partial charge in [-0.2, -0.15) is 0 Å². The molecule has 0 aliphatic carbocycles. The zero-order valence-electron chi connectivity index (χ0n) is 10.9. The minimum Gasteiger partial charge on any atom is -0.496 e. The normalized spacial score (nSPS) is 16.5. The fourth-order valence-corrected chi connectivity index (χ4v) is 2.65. The molecule has 0 atom stereocenters. The second-order valence-corrected chi connectivity index (χ2v) is 6.13. The van der Waals surface area contributed by atoms with Crippen LogP contribution in [0.3, 0.4) is 0 Å². The van der Waals surface area contributed by atoms with Gasteiger partial charge in [0.1, 0.15) is 5.75 Å². The van der Waals surface area contributed by atoms with Crippen LogP contribution in [0.2, 0.25) is 5.02 Å². The molecule has 6 heteroatoms. The summed E-state index contributed by atoms with van der Waals surface area (Å²) >= 11 is 8.23. The number of carbonyl (C=O) groups excluding carboxylic acids is 1. The van der Waals surface area contributed by atoms with Gasteiger partial charge in [-0.3, -0.25) is 4.79 Å². The molecular weight excluding hydrogens is 379 g/mol. The fourth-order valence-electron chi connectivity index (χ4n) is 2.04. The first kappa shape index (κ1) is 14.9. The molecule has 0 spiro atoms. The van der Waals surface area contributed by atoms with Crippen molar-refractivity contribution in [3.8, 4) is 5.75 Å². The molecule has 1 fully saturated rings. The lowest BCUT2D eigenvalue weighted by atomic mass is 10.1. The molecule has 0 radical (unpaired) electrons. The standard InChI is InChI=1S/C13H16ClIN2O2/c1-16-3-5-17(6-4-16)13(18)9-7-10(14)11(15)8-12(9)19-2/h7-8H,3-6H2,1-2H3. The Morgan fingerprint density at radius 1 is 1.32 bits per heavy atom. The Labute approximate surface area is 131 Å². The lowest BCUT2D eigenvalue weighted by Gasteiger charge is -2.32.